The van der Waals surface area contributed by atoms with Crippen LogP contribution in [0.4, 0.5) is 13.2 Å². The van der Waals surface area contributed by atoms with Gasteiger partial charge in [-0.05, 0) is 29.8 Å². The van der Waals surface area contributed by atoms with Crippen molar-refractivity contribution in [2.24, 2.45) is 0 Å². The zero-order valence-electron chi connectivity index (χ0n) is 11.8. The van der Waals surface area contributed by atoms with Crippen molar-refractivity contribution in [2.45, 2.75) is 12.3 Å². The highest BCUT2D eigenvalue weighted by Crippen LogP contribution is 2.31. The van der Waals surface area contributed by atoms with E-state index in [4.69, 9.17) is 11.6 Å². The van der Waals surface area contributed by atoms with Gasteiger partial charge in [0.2, 0.25) is 0 Å². The first-order chi connectivity index (χ1) is 10.8. The van der Waals surface area contributed by atoms with E-state index in [0.29, 0.717) is 10.6 Å². The molecule has 1 amide bonds. The number of aliphatic hydroxyl groups is 1. The van der Waals surface area contributed by atoms with Crippen molar-refractivity contribution in [3.05, 3.63) is 70.2 Å². The number of carbonyl (C=O) groups excluding carboxylic acids is 1. The zero-order chi connectivity index (χ0) is 17.0. The standard InChI is InChI=1S/C16H13ClF3NO2/c17-11-5-3-4-10(8-11)14(22)9-21-15(23)12-6-1-2-7-13(12)16(18,19)20/h1-8,14,22H,9H2,(H,21,23). The number of halogens is 4. The fourth-order valence-corrected chi connectivity index (χ4v) is 2.24. The fourth-order valence-electron chi connectivity index (χ4n) is 2.04. The van der Waals surface area contributed by atoms with Gasteiger partial charge in [-0.15, -0.1) is 0 Å². The fraction of sp³-hybridized carbons (Fsp3) is 0.188. The third-order valence-corrected chi connectivity index (χ3v) is 3.40. The molecule has 1 unspecified atom stereocenters. The monoisotopic (exact) mass is 343 g/mol. The van der Waals surface area contributed by atoms with Crippen LogP contribution in [0.2, 0.25) is 5.02 Å². The third-order valence-electron chi connectivity index (χ3n) is 3.17. The lowest BCUT2D eigenvalue weighted by atomic mass is 10.1. The van der Waals surface area contributed by atoms with Crippen molar-refractivity contribution in [3.63, 3.8) is 0 Å². The number of benzene rings is 2. The molecule has 7 heteroatoms. The molecule has 2 rings (SSSR count). The SMILES string of the molecule is O=C(NCC(O)c1cccc(Cl)c1)c1ccccc1C(F)(F)F. The Morgan fingerprint density at radius 3 is 2.52 bits per heavy atom. The second kappa shape index (κ2) is 7.02. The summed E-state index contributed by atoms with van der Waals surface area (Å²) in [7, 11) is 0. The van der Waals surface area contributed by atoms with Gasteiger partial charge in [-0.2, -0.15) is 13.2 Å². The quantitative estimate of drug-likeness (QED) is 0.886. The molecule has 0 fully saturated rings. The Kier molecular flexibility index (Phi) is 5.28. The summed E-state index contributed by atoms with van der Waals surface area (Å²) < 4.78 is 38.6. The summed E-state index contributed by atoms with van der Waals surface area (Å²) >= 11 is 5.80. The average molecular weight is 344 g/mol. The normalized spacial score (nSPS) is 12.7. The van der Waals surface area contributed by atoms with Crippen LogP contribution in [0.1, 0.15) is 27.6 Å². The topological polar surface area (TPSA) is 49.3 Å². The number of nitrogens with one attached hydrogen (secondary N) is 1. The Hall–Kier alpha value is -2.05. The lowest BCUT2D eigenvalue weighted by Crippen LogP contribution is -2.30. The number of amides is 1. The lowest BCUT2D eigenvalue weighted by molar-refractivity contribution is -0.137. The van der Waals surface area contributed by atoms with E-state index in [-0.39, 0.29) is 6.54 Å². The van der Waals surface area contributed by atoms with E-state index < -0.39 is 29.3 Å². The summed E-state index contributed by atoms with van der Waals surface area (Å²) in [6.45, 7) is -0.231. The molecule has 0 aliphatic heterocycles. The van der Waals surface area contributed by atoms with Gasteiger partial charge in [0, 0.05) is 11.6 Å². The van der Waals surface area contributed by atoms with E-state index in [9.17, 15) is 23.1 Å². The first kappa shape index (κ1) is 17.3. The molecule has 1 atom stereocenters. The van der Waals surface area contributed by atoms with Gasteiger partial charge in [0.25, 0.3) is 5.91 Å². The van der Waals surface area contributed by atoms with Gasteiger partial charge in [0.1, 0.15) is 0 Å². The van der Waals surface area contributed by atoms with Gasteiger partial charge >= 0.3 is 6.18 Å². The molecule has 0 aliphatic carbocycles. The Balaban J connectivity index is 2.09. The molecule has 0 heterocycles. The molecular weight excluding hydrogens is 331 g/mol. The van der Waals surface area contributed by atoms with Gasteiger partial charge in [0.05, 0.1) is 17.2 Å². The van der Waals surface area contributed by atoms with Crippen molar-refractivity contribution in [1.82, 2.24) is 5.32 Å². The zero-order valence-corrected chi connectivity index (χ0v) is 12.5. The van der Waals surface area contributed by atoms with E-state index in [1.807, 2.05) is 0 Å². The molecule has 0 spiro atoms. The van der Waals surface area contributed by atoms with E-state index in [0.717, 1.165) is 12.1 Å². The van der Waals surface area contributed by atoms with E-state index in [2.05, 4.69) is 5.32 Å². The second-order valence-corrected chi connectivity index (χ2v) is 5.26. The molecule has 0 bridgehead atoms. The second-order valence-electron chi connectivity index (χ2n) is 4.82. The first-order valence-corrected chi connectivity index (χ1v) is 7.05. The minimum absolute atomic E-state index is 0.231. The minimum atomic E-state index is -4.63. The lowest BCUT2D eigenvalue weighted by Gasteiger charge is -2.15. The van der Waals surface area contributed by atoms with Crippen molar-refractivity contribution in [3.8, 4) is 0 Å². The first-order valence-electron chi connectivity index (χ1n) is 6.67. The molecule has 2 aromatic carbocycles. The molecule has 2 aromatic rings. The van der Waals surface area contributed by atoms with Crippen molar-refractivity contribution >= 4 is 17.5 Å². The van der Waals surface area contributed by atoms with Crippen molar-refractivity contribution < 1.29 is 23.1 Å². The third kappa shape index (κ3) is 4.46. The molecule has 0 aromatic heterocycles. The minimum Gasteiger partial charge on any atom is -0.387 e. The van der Waals surface area contributed by atoms with Crippen LogP contribution in [-0.4, -0.2) is 17.6 Å². The molecule has 122 valence electrons. The average Bonchev–Trinajstić information content (AvgIpc) is 2.51. The Morgan fingerprint density at radius 2 is 1.87 bits per heavy atom. The van der Waals surface area contributed by atoms with Gasteiger partial charge in [0.15, 0.2) is 0 Å². The maximum atomic E-state index is 12.9. The highest BCUT2D eigenvalue weighted by molar-refractivity contribution is 6.30. The Bertz CT molecular complexity index is 704. The van der Waals surface area contributed by atoms with Crippen LogP contribution in [0.5, 0.6) is 0 Å². The van der Waals surface area contributed by atoms with E-state index in [1.54, 1.807) is 18.2 Å². The maximum absolute atomic E-state index is 12.9. The highest BCUT2D eigenvalue weighted by atomic mass is 35.5. The van der Waals surface area contributed by atoms with Gasteiger partial charge in [-0.1, -0.05) is 35.9 Å². The predicted molar refractivity (Wildman–Crippen MR) is 80.2 cm³/mol. The van der Waals surface area contributed by atoms with Crippen LogP contribution in [0.25, 0.3) is 0 Å². The Morgan fingerprint density at radius 1 is 1.17 bits per heavy atom. The molecule has 0 aliphatic rings. The number of hydrogen-bond donors (Lipinski definition) is 2. The maximum Gasteiger partial charge on any atom is 0.417 e. The summed E-state index contributed by atoms with van der Waals surface area (Å²) in [5, 5.41) is 12.7. The van der Waals surface area contributed by atoms with E-state index in [1.165, 1.54) is 18.2 Å². The molecule has 0 radical (unpaired) electrons. The van der Waals surface area contributed by atoms with E-state index >= 15 is 0 Å². The molecule has 2 N–H and O–H groups in total. The summed E-state index contributed by atoms with van der Waals surface area (Å²) in [5.41, 5.74) is -1.05. The predicted octanol–water partition coefficient (Wildman–Crippen LogP) is 3.82. The molecular formula is C16H13ClF3NO2. The number of alkyl halides is 3. The van der Waals surface area contributed by atoms with Gasteiger partial charge in [-0.25, -0.2) is 0 Å². The number of aliphatic hydroxyl groups excluding tert-OH is 1. The number of rotatable bonds is 4. The molecule has 0 saturated carbocycles. The van der Waals surface area contributed by atoms with Crippen LogP contribution in [0.3, 0.4) is 0 Å². The van der Waals surface area contributed by atoms with Crippen LogP contribution >= 0.6 is 11.6 Å². The van der Waals surface area contributed by atoms with Crippen LogP contribution in [0.15, 0.2) is 48.5 Å². The highest BCUT2D eigenvalue weighted by Gasteiger charge is 2.34. The molecule has 23 heavy (non-hydrogen) atoms. The van der Waals surface area contributed by atoms with Crippen LogP contribution < -0.4 is 5.32 Å². The number of carbonyl (C=O) groups is 1. The largest absolute Gasteiger partial charge is 0.417 e. The summed E-state index contributed by atoms with van der Waals surface area (Å²) in [6.07, 6.45) is -5.70. The summed E-state index contributed by atoms with van der Waals surface area (Å²) in [6, 6.07) is 10.8. The van der Waals surface area contributed by atoms with Crippen molar-refractivity contribution in [1.29, 1.82) is 0 Å². The number of hydrogen-bond acceptors (Lipinski definition) is 2. The van der Waals surface area contributed by atoms with Gasteiger partial charge < -0.3 is 10.4 Å². The smallest absolute Gasteiger partial charge is 0.387 e. The Labute approximate surface area is 135 Å². The van der Waals surface area contributed by atoms with Gasteiger partial charge in [-0.3, -0.25) is 4.79 Å². The summed E-state index contributed by atoms with van der Waals surface area (Å²) in [5.74, 6) is -0.904. The molecule has 0 saturated heterocycles. The van der Waals surface area contributed by atoms with Crippen LogP contribution in [-0.2, 0) is 6.18 Å². The molecule has 3 nitrogen and oxygen atoms in total. The summed E-state index contributed by atoms with van der Waals surface area (Å²) in [4.78, 5) is 12.0. The van der Waals surface area contributed by atoms with Crippen LogP contribution in [0, 0.1) is 0 Å². The van der Waals surface area contributed by atoms with Crippen molar-refractivity contribution in [2.75, 3.05) is 6.54 Å².